The number of allylic oxidation sites excluding steroid dienone is 9. The third-order valence-corrected chi connectivity index (χ3v) is 9.56. The Morgan fingerprint density at radius 2 is 1.33 bits per heavy atom. The summed E-state index contributed by atoms with van der Waals surface area (Å²) in [6, 6.07) is 8.77. The molecule has 4 heteroatoms. The highest BCUT2D eigenvalue weighted by Crippen LogP contribution is 2.67. The molecule has 226 valence electrons. The maximum absolute atomic E-state index is 15.2. The first-order valence-corrected chi connectivity index (χ1v) is 15.3. The molecule has 0 aliphatic heterocycles. The van der Waals surface area contributed by atoms with Crippen LogP contribution in [-0.2, 0) is 14.4 Å². The highest BCUT2D eigenvalue weighted by atomic mass is 16.3. The Labute approximate surface area is 253 Å². The minimum atomic E-state index is -1.49. The summed E-state index contributed by atoms with van der Waals surface area (Å²) in [6.45, 7) is 18.2. The number of carbonyl (C=O) groups excluding carboxylic acids is 3. The highest BCUT2D eigenvalue weighted by Gasteiger charge is 2.74. The normalized spacial score (nSPS) is 28.1. The van der Waals surface area contributed by atoms with Crippen molar-refractivity contribution in [1.29, 1.82) is 0 Å². The van der Waals surface area contributed by atoms with Crippen LogP contribution in [0.25, 0.3) is 5.76 Å². The molecule has 2 aliphatic carbocycles. The lowest BCUT2D eigenvalue weighted by Crippen LogP contribution is -2.70. The molecular weight excluding hydrogens is 520 g/mol. The summed E-state index contributed by atoms with van der Waals surface area (Å²) in [5, 5.41) is 11.6. The van der Waals surface area contributed by atoms with Gasteiger partial charge >= 0.3 is 0 Å². The predicted octanol–water partition coefficient (Wildman–Crippen LogP) is 9.49. The van der Waals surface area contributed by atoms with Crippen LogP contribution in [0.5, 0.6) is 0 Å². The minimum Gasteiger partial charge on any atom is -0.506 e. The Morgan fingerprint density at radius 1 is 0.786 bits per heavy atom. The minimum absolute atomic E-state index is 0.0832. The van der Waals surface area contributed by atoms with E-state index >= 15 is 9.59 Å². The number of ketones is 3. The quantitative estimate of drug-likeness (QED) is 0.1000. The SMILES string of the molecule is CC(C)=CCCC1(C)C(CC=C(C)C)CC2(CC=C(C)C)C(=O)C(=C(O)c3ccccc3)C(=O)C1(CC=C(C)C)C2=O. The molecule has 2 fully saturated rings. The standard InChI is InChI=1S/C38H50O4/c1-25(2)14-13-21-36(9)30(18-17-26(3)4)24-37(22-19-27(5)6)33(40)31(32(39)29-15-11-10-12-16-29)34(41)38(36,35(37)42)23-20-28(7)8/h10-12,14-17,19-20,30,39H,13,18,21-24H2,1-9H3. The number of rotatable bonds is 10. The summed E-state index contributed by atoms with van der Waals surface area (Å²) in [4.78, 5) is 44.9. The summed E-state index contributed by atoms with van der Waals surface area (Å²) in [5.41, 5.74) is 0.908. The van der Waals surface area contributed by atoms with Gasteiger partial charge in [-0.05, 0) is 105 Å². The Morgan fingerprint density at radius 3 is 1.88 bits per heavy atom. The number of hydrogen-bond acceptors (Lipinski definition) is 4. The van der Waals surface area contributed by atoms with E-state index in [9.17, 15) is 9.90 Å². The van der Waals surface area contributed by atoms with Crippen molar-refractivity contribution in [2.75, 3.05) is 0 Å². The summed E-state index contributed by atoms with van der Waals surface area (Å²) in [6.07, 6.45) is 11.1. The molecule has 4 atom stereocenters. The molecule has 0 saturated heterocycles. The maximum Gasteiger partial charge on any atom is 0.184 e. The van der Waals surface area contributed by atoms with Gasteiger partial charge in [-0.15, -0.1) is 0 Å². The molecule has 1 aromatic rings. The summed E-state index contributed by atoms with van der Waals surface area (Å²) < 4.78 is 0. The summed E-state index contributed by atoms with van der Waals surface area (Å²) in [5.74, 6) is -1.72. The fraction of sp³-hybridized carbons (Fsp3) is 0.500. The van der Waals surface area contributed by atoms with Gasteiger partial charge in [0.25, 0.3) is 0 Å². The predicted molar refractivity (Wildman–Crippen MR) is 173 cm³/mol. The van der Waals surface area contributed by atoms with Crippen molar-refractivity contribution in [3.8, 4) is 0 Å². The van der Waals surface area contributed by atoms with Crippen LogP contribution in [0.15, 0.2) is 82.5 Å². The molecule has 0 heterocycles. The first-order valence-electron chi connectivity index (χ1n) is 15.3. The first kappa shape index (κ1) is 33.2. The first-order chi connectivity index (χ1) is 19.6. The van der Waals surface area contributed by atoms with Gasteiger partial charge in [0.15, 0.2) is 17.3 Å². The molecule has 1 aromatic carbocycles. The second-order valence-electron chi connectivity index (χ2n) is 13.7. The largest absolute Gasteiger partial charge is 0.506 e. The topological polar surface area (TPSA) is 71.4 Å². The van der Waals surface area contributed by atoms with E-state index in [-0.39, 0.29) is 35.9 Å². The molecule has 0 amide bonds. The van der Waals surface area contributed by atoms with E-state index in [1.807, 2.05) is 45.9 Å². The zero-order chi connectivity index (χ0) is 31.5. The zero-order valence-electron chi connectivity index (χ0n) is 27.2. The van der Waals surface area contributed by atoms with Gasteiger partial charge in [-0.25, -0.2) is 0 Å². The Bertz CT molecular complexity index is 1370. The van der Waals surface area contributed by atoms with Crippen molar-refractivity contribution in [3.63, 3.8) is 0 Å². The molecule has 0 radical (unpaired) electrons. The van der Waals surface area contributed by atoms with Crippen LogP contribution in [0.2, 0.25) is 0 Å². The average Bonchev–Trinajstić information content (AvgIpc) is 2.91. The lowest BCUT2D eigenvalue weighted by Gasteiger charge is -2.61. The number of Topliss-reactive ketones (excluding diaryl/α,β-unsaturated/α-hetero) is 3. The number of carbonyl (C=O) groups is 3. The summed E-state index contributed by atoms with van der Waals surface area (Å²) >= 11 is 0. The maximum atomic E-state index is 15.2. The Balaban J connectivity index is 2.49. The molecule has 42 heavy (non-hydrogen) atoms. The van der Waals surface area contributed by atoms with Crippen molar-refractivity contribution >= 4 is 23.1 Å². The number of aliphatic hydroxyl groups is 1. The van der Waals surface area contributed by atoms with Gasteiger partial charge in [0.1, 0.15) is 16.7 Å². The van der Waals surface area contributed by atoms with E-state index in [0.29, 0.717) is 24.8 Å². The fourth-order valence-electron chi connectivity index (χ4n) is 7.05. The van der Waals surface area contributed by atoms with Crippen molar-refractivity contribution < 1.29 is 19.5 Å². The van der Waals surface area contributed by atoms with Crippen molar-refractivity contribution in [3.05, 3.63) is 88.1 Å². The van der Waals surface area contributed by atoms with Crippen LogP contribution in [0, 0.1) is 22.2 Å². The zero-order valence-corrected chi connectivity index (χ0v) is 27.2. The third-order valence-electron chi connectivity index (χ3n) is 9.56. The van der Waals surface area contributed by atoms with E-state index < -0.39 is 27.8 Å². The molecule has 3 rings (SSSR count). The second-order valence-corrected chi connectivity index (χ2v) is 13.7. The Kier molecular flexibility index (Phi) is 10.2. The van der Waals surface area contributed by atoms with E-state index in [2.05, 4.69) is 46.8 Å². The number of hydrogen-bond donors (Lipinski definition) is 1. The van der Waals surface area contributed by atoms with Gasteiger partial charge in [-0.1, -0.05) is 83.9 Å². The van der Waals surface area contributed by atoms with Crippen molar-refractivity contribution in [2.45, 2.75) is 101 Å². The van der Waals surface area contributed by atoms with E-state index in [0.717, 1.165) is 17.6 Å². The van der Waals surface area contributed by atoms with E-state index in [1.165, 1.54) is 11.1 Å². The molecule has 2 aliphatic rings. The van der Waals surface area contributed by atoms with E-state index in [4.69, 9.17) is 0 Å². The van der Waals surface area contributed by atoms with Crippen LogP contribution < -0.4 is 0 Å². The molecule has 2 bridgehead atoms. The number of benzene rings is 1. The van der Waals surface area contributed by atoms with Crippen LogP contribution in [0.3, 0.4) is 0 Å². The summed E-state index contributed by atoms with van der Waals surface area (Å²) in [7, 11) is 0. The molecule has 2 saturated carbocycles. The van der Waals surface area contributed by atoms with Crippen molar-refractivity contribution in [2.24, 2.45) is 22.2 Å². The van der Waals surface area contributed by atoms with Crippen LogP contribution >= 0.6 is 0 Å². The third kappa shape index (κ3) is 5.96. The number of fused-ring (bicyclic) bond motifs is 2. The Hall–Kier alpha value is -3.27. The molecule has 1 N–H and O–H groups in total. The monoisotopic (exact) mass is 570 g/mol. The lowest BCUT2D eigenvalue weighted by molar-refractivity contribution is -0.178. The van der Waals surface area contributed by atoms with Crippen LogP contribution in [0.4, 0.5) is 0 Å². The highest BCUT2D eigenvalue weighted by molar-refractivity contribution is 6.41. The molecule has 4 nitrogen and oxygen atoms in total. The van der Waals surface area contributed by atoms with Gasteiger partial charge in [0.2, 0.25) is 0 Å². The van der Waals surface area contributed by atoms with Crippen molar-refractivity contribution in [1.82, 2.24) is 0 Å². The van der Waals surface area contributed by atoms with Gasteiger partial charge < -0.3 is 5.11 Å². The van der Waals surface area contributed by atoms with Gasteiger partial charge in [-0.2, -0.15) is 0 Å². The van der Waals surface area contributed by atoms with Gasteiger partial charge in [0, 0.05) is 5.56 Å². The van der Waals surface area contributed by atoms with Crippen LogP contribution in [0.1, 0.15) is 106 Å². The smallest absolute Gasteiger partial charge is 0.184 e. The molecule has 4 unspecified atom stereocenters. The van der Waals surface area contributed by atoms with Gasteiger partial charge in [0.05, 0.1) is 5.41 Å². The second kappa shape index (κ2) is 12.9. The molecular formula is C38H50O4. The number of aliphatic hydroxyl groups excluding tert-OH is 1. The molecule has 0 spiro atoms. The molecule has 0 aromatic heterocycles. The van der Waals surface area contributed by atoms with E-state index in [1.54, 1.807) is 24.3 Å². The lowest BCUT2D eigenvalue weighted by atomic mass is 9.37. The fourth-order valence-corrected chi connectivity index (χ4v) is 7.05. The van der Waals surface area contributed by atoms with Crippen LogP contribution in [-0.4, -0.2) is 22.5 Å². The average molecular weight is 571 g/mol. The van der Waals surface area contributed by atoms with Gasteiger partial charge in [-0.3, -0.25) is 14.4 Å².